The van der Waals surface area contributed by atoms with Crippen LogP contribution < -0.4 is 5.32 Å². The first-order valence-electron chi connectivity index (χ1n) is 5.96. The van der Waals surface area contributed by atoms with Gasteiger partial charge in [-0.2, -0.15) is 0 Å². The van der Waals surface area contributed by atoms with Crippen molar-refractivity contribution in [2.45, 2.75) is 6.54 Å². The van der Waals surface area contributed by atoms with Crippen LogP contribution in [0.15, 0.2) is 46.9 Å². The number of nitrogens with one attached hydrogen (secondary N) is 1. The molecule has 2 rings (SSSR count). The van der Waals surface area contributed by atoms with Crippen LogP contribution in [0.2, 0.25) is 5.02 Å². The molecule has 0 atom stereocenters. The Hall–Kier alpha value is -1.52. The van der Waals surface area contributed by atoms with E-state index in [-0.39, 0.29) is 5.97 Å². The third-order valence-electron chi connectivity index (χ3n) is 2.78. The molecule has 0 spiro atoms. The summed E-state index contributed by atoms with van der Waals surface area (Å²) in [6.07, 6.45) is 0. The molecule has 0 radical (unpaired) electrons. The van der Waals surface area contributed by atoms with E-state index in [1.165, 1.54) is 7.11 Å². The number of methoxy groups -OCH3 is 1. The molecule has 0 aliphatic carbocycles. The van der Waals surface area contributed by atoms with Gasteiger partial charge in [0, 0.05) is 11.0 Å². The van der Waals surface area contributed by atoms with Crippen LogP contribution in [0.25, 0.3) is 0 Å². The van der Waals surface area contributed by atoms with Gasteiger partial charge >= 0.3 is 5.97 Å². The van der Waals surface area contributed by atoms with Crippen LogP contribution in [0, 0.1) is 0 Å². The van der Waals surface area contributed by atoms with Crippen molar-refractivity contribution >= 4 is 39.2 Å². The minimum Gasteiger partial charge on any atom is -0.465 e. The summed E-state index contributed by atoms with van der Waals surface area (Å²) in [7, 11) is 1.35. The first-order chi connectivity index (χ1) is 9.60. The summed E-state index contributed by atoms with van der Waals surface area (Å²) in [5.41, 5.74) is 2.29. The molecule has 0 aromatic heterocycles. The molecule has 0 saturated heterocycles. The van der Waals surface area contributed by atoms with Gasteiger partial charge in [0.05, 0.1) is 23.4 Å². The summed E-state index contributed by atoms with van der Waals surface area (Å²) in [5.74, 6) is -0.381. The summed E-state index contributed by atoms with van der Waals surface area (Å²) in [6.45, 7) is 0.623. The Morgan fingerprint density at radius 3 is 2.60 bits per heavy atom. The van der Waals surface area contributed by atoms with Crippen molar-refractivity contribution in [2.24, 2.45) is 0 Å². The van der Waals surface area contributed by atoms with Crippen LogP contribution in [-0.2, 0) is 11.3 Å². The van der Waals surface area contributed by atoms with Crippen LogP contribution >= 0.6 is 27.5 Å². The average molecular weight is 355 g/mol. The molecule has 1 N–H and O–H groups in total. The highest BCUT2D eigenvalue weighted by Gasteiger charge is 2.08. The summed E-state index contributed by atoms with van der Waals surface area (Å²) in [5, 5.41) is 3.78. The van der Waals surface area contributed by atoms with Crippen molar-refractivity contribution in [3.8, 4) is 0 Å². The lowest BCUT2D eigenvalue weighted by molar-refractivity contribution is 0.0601. The van der Waals surface area contributed by atoms with Gasteiger partial charge in [-0.25, -0.2) is 4.79 Å². The van der Waals surface area contributed by atoms with Crippen LogP contribution in [0.4, 0.5) is 5.69 Å². The fourth-order valence-corrected chi connectivity index (χ4v) is 2.15. The second-order valence-electron chi connectivity index (χ2n) is 4.17. The number of rotatable bonds is 4. The Labute approximate surface area is 131 Å². The number of esters is 1. The molecule has 0 fully saturated rings. The molecule has 3 nitrogen and oxygen atoms in total. The maximum absolute atomic E-state index is 11.5. The van der Waals surface area contributed by atoms with E-state index in [1.807, 2.05) is 24.3 Å². The van der Waals surface area contributed by atoms with Gasteiger partial charge in [0.1, 0.15) is 0 Å². The summed E-state index contributed by atoms with van der Waals surface area (Å²) in [6, 6.07) is 13.0. The Bertz CT molecular complexity index is 614. The number of hydrogen-bond acceptors (Lipinski definition) is 3. The van der Waals surface area contributed by atoms with E-state index in [0.717, 1.165) is 10.0 Å². The molecular formula is C15H13BrClNO2. The Balaban J connectivity index is 2.12. The Morgan fingerprint density at radius 1 is 1.25 bits per heavy atom. The summed E-state index contributed by atoms with van der Waals surface area (Å²) in [4.78, 5) is 11.5. The quantitative estimate of drug-likeness (QED) is 0.822. The zero-order valence-electron chi connectivity index (χ0n) is 10.8. The molecule has 0 saturated carbocycles. The van der Waals surface area contributed by atoms with Gasteiger partial charge in [-0.15, -0.1) is 0 Å². The zero-order valence-corrected chi connectivity index (χ0v) is 13.2. The Morgan fingerprint density at radius 2 is 1.95 bits per heavy atom. The number of benzene rings is 2. The van der Waals surface area contributed by atoms with E-state index in [9.17, 15) is 4.79 Å². The van der Waals surface area contributed by atoms with Gasteiger partial charge < -0.3 is 10.1 Å². The monoisotopic (exact) mass is 353 g/mol. The first-order valence-corrected chi connectivity index (χ1v) is 7.13. The van der Waals surface area contributed by atoms with E-state index in [4.69, 9.17) is 16.3 Å². The van der Waals surface area contributed by atoms with Gasteiger partial charge in [-0.05, 0) is 35.9 Å². The molecule has 5 heteroatoms. The predicted molar refractivity (Wildman–Crippen MR) is 84.3 cm³/mol. The fraction of sp³-hybridized carbons (Fsp3) is 0.133. The second-order valence-corrected chi connectivity index (χ2v) is 5.49. The molecule has 0 aliphatic heterocycles. The number of anilines is 1. The van der Waals surface area contributed by atoms with Gasteiger partial charge in [0.2, 0.25) is 0 Å². The van der Waals surface area contributed by atoms with Crippen LogP contribution in [-0.4, -0.2) is 13.1 Å². The van der Waals surface area contributed by atoms with Gasteiger partial charge in [0.15, 0.2) is 0 Å². The third kappa shape index (κ3) is 3.74. The molecule has 0 unspecified atom stereocenters. The fourth-order valence-electron chi connectivity index (χ4n) is 1.71. The molecule has 0 aliphatic rings. The van der Waals surface area contributed by atoms with Crippen molar-refractivity contribution in [1.82, 2.24) is 0 Å². The maximum Gasteiger partial charge on any atom is 0.337 e. The predicted octanol–water partition coefficient (Wildman–Crippen LogP) is 4.50. The summed E-state index contributed by atoms with van der Waals surface area (Å²) >= 11 is 9.51. The smallest absolute Gasteiger partial charge is 0.337 e. The van der Waals surface area contributed by atoms with Crippen molar-refractivity contribution in [3.05, 3.63) is 63.1 Å². The lowest BCUT2D eigenvalue weighted by atomic mass is 10.2. The highest BCUT2D eigenvalue weighted by molar-refractivity contribution is 9.10. The van der Waals surface area contributed by atoms with Crippen molar-refractivity contribution in [2.75, 3.05) is 12.4 Å². The average Bonchev–Trinajstić information content (AvgIpc) is 2.47. The second kappa shape index (κ2) is 6.77. The SMILES string of the molecule is COC(=O)c1ccc(Cl)c(NCc2ccc(Br)cc2)c1. The van der Waals surface area contributed by atoms with E-state index in [2.05, 4.69) is 21.2 Å². The number of carbonyl (C=O) groups is 1. The third-order valence-corrected chi connectivity index (χ3v) is 3.64. The highest BCUT2D eigenvalue weighted by atomic mass is 79.9. The van der Waals surface area contributed by atoms with E-state index in [1.54, 1.807) is 18.2 Å². The van der Waals surface area contributed by atoms with E-state index >= 15 is 0 Å². The number of carbonyl (C=O) groups excluding carboxylic acids is 1. The number of ether oxygens (including phenoxy) is 1. The van der Waals surface area contributed by atoms with Crippen molar-refractivity contribution in [3.63, 3.8) is 0 Å². The number of hydrogen-bond donors (Lipinski definition) is 1. The van der Waals surface area contributed by atoms with E-state index in [0.29, 0.717) is 22.8 Å². The minimum absolute atomic E-state index is 0.381. The Kier molecular flexibility index (Phi) is 5.04. The normalized spacial score (nSPS) is 10.2. The van der Waals surface area contributed by atoms with Crippen LogP contribution in [0.3, 0.4) is 0 Å². The summed E-state index contributed by atoms with van der Waals surface area (Å²) < 4.78 is 5.73. The molecule has 0 heterocycles. The van der Waals surface area contributed by atoms with Crippen LogP contribution in [0.5, 0.6) is 0 Å². The van der Waals surface area contributed by atoms with E-state index < -0.39 is 0 Å². The lowest BCUT2D eigenvalue weighted by Crippen LogP contribution is -2.04. The topological polar surface area (TPSA) is 38.3 Å². The maximum atomic E-state index is 11.5. The molecule has 0 amide bonds. The number of halogens is 2. The minimum atomic E-state index is -0.381. The molecule has 104 valence electrons. The molecular weight excluding hydrogens is 342 g/mol. The molecule has 2 aromatic rings. The van der Waals surface area contributed by atoms with Crippen molar-refractivity contribution < 1.29 is 9.53 Å². The molecule has 2 aromatic carbocycles. The first kappa shape index (κ1) is 14.9. The van der Waals surface area contributed by atoms with Gasteiger partial charge in [-0.3, -0.25) is 0 Å². The van der Waals surface area contributed by atoms with Crippen molar-refractivity contribution in [1.29, 1.82) is 0 Å². The van der Waals surface area contributed by atoms with Crippen LogP contribution in [0.1, 0.15) is 15.9 Å². The van der Waals surface area contributed by atoms with Gasteiger partial charge in [-0.1, -0.05) is 39.7 Å². The molecule has 20 heavy (non-hydrogen) atoms. The largest absolute Gasteiger partial charge is 0.465 e. The lowest BCUT2D eigenvalue weighted by Gasteiger charge is -2.10. The zero-order chi connectivity index (χ0) is 14.5. The standard InChI is InChI=1S/C15H13BrClNO2/c1-20-15(19)11-4-7-13(17)14(8-11)18-9-10-2-5-12(16)6-3-10/h2-8,18H,9H2,1H3. The van der Waals surface area contributed by atoms with Gasteiger partial charge in [0.25, 0.3) is 0 Å². The highest BCUT2D eigenvalue weighted by Crippen LogP contribution is 2.24. The molecule has 0 bridgehead atoms.